The number of hydrogen-bond acceptors (Lipinski definition) is 5. The van der Waals surface area contributed by atoms with Gasteiger partial charge < -0.3 is 0 Å². The molecule has 0 fully saturated rings. The molecule has 0 aliphatic heterocycles. The fourth-order valence-electron chi connectivity index (χ4n) is 3.55. The Labute approximate surface area is 190 Å². The first-order valence-electron chi connectivity index (χ1n) is 10.4. The van der Waals surface area contributed by atoms with Crippen LogP contribution in [0.2, 0.25) is 0 Å². The van der Waals surface area contributed by atoms with Gasteiger partial charge in [-0.25, -0.2) is 5.10 Å². The topological polar surface area (TPSA) is 67.3 Å². The van der Waals surface area contributed by atoms with Crippen molar-refractivity contribution in [3.8, 4) is 0 Å². The molecule has 1 N–H and O–H groups in total. The molecule has 0 spiro atoms. The molecule has 2 aromatic heterocycles. The van der Waals surface area contributed by atoms with Gasteiger partial charge in [-0.1, -0.05) is 66.7 Å². The fraction of sp³-hybridized carbons (Fsp3) is 0.0769. The van der Waals surface area contributed by atoms with Crippen molar-refractivity contribution in [3.05, 3.63) is 113 Å². The Morgan fingerprint density at radius 2 is 1.69 bits per heavy atom. The lowest BCUT2D eigenvalue weighted by Gasteiger charge is -2.07. The van der Waals surface area contributed by atoms with Crippen LogP contribution < -0.4 is 0 Å². The van der Waals surface area contributed by atoms with E-state index in [1.807, 2.05) is 36.0 Å². The van der Waals surface area contributed by atoms with Crippen molar-refractivity contribution in [2.45, 2.75) is 17.1 Å². The molecule has 0 saturated carbocycles. The van der Waals surface area contributed by atoms with Crippen molar-refractivity contribution in [1.82, 2.24) is 25.6 Å². The monoisotopic (exact) mass is 435 g/mol. The molecule has 2 heterocycles. The summed E-state index contributed by atoms with van der Waals surface area (Å²) in [5.41, 5.74) is 5.82. The van der Waals surface area contributed by atoms with Crippen LogP contribution in [0.3, 0.4) is 0 Å². The van der Waals surface area contributed by atoms with E-state index in [9.17, 15) is 0 Å². The highest BCUT2D eigenvalue weighted by molar-refractivity contribution is 7.98. The second kappa shape index (κ2) is 9.58. The summed E-state index contributed by atoms with van der Waals surface area (Å²) in [6, 6.07) is 29.8. The molecule has 5 nitrogen and oxygen atoms in total. The van der Waals surface area contributed by atoms with Crippen molar-refractivity contribution >= 4 is 34.8 Å². The molecule has 0 saturated heterocycles. The van der Waals surface area contributed by atoms with Gasteiger partial charge in [-0.2, -0.15) is 0 Å². The number of rotatable bonds is 7. The molecule has 3 aromatic carbocycles. The number of fused-ring (bicyclic) bond motifs is 1. The highest BCUT2D eigenvalue weighted by atomic mass is 32.2. The second-order valence-electron chi connectivity index (χ2n) is 7.47. The Morgan fingerprint density at radius 3 is 2.59 bits per heavy atom. The van der Waals surface area contributed by atoms with Gasteiger partial charge >= 0.3 is 0 Å². The zero-order chi connectivity index (χ0) is 21.6. The van der Waals surface area contributed by atoms with E-state index in [1.54, 1.807) is 0 Å². The van der Waals surface area contributed by atoms with Crippen molar-refractivity contribution in [2.75, 3.05) is 0 Å². The van der Waals surface area contributed by atoms with Gasteiger partial charge in [0.15, 0.2) is 5.82 Å². The minimum absolute atomic E-state index is 0.640. The number of nitrogens with one attached hydrogen (secondary N) is 1. The van der Waals surface area contributed by atoms with Crippen LogP contribution in [-0.4, -0.2) is 25.6 Å². The van der Waals surface area contributed by atoms with Gasteiger partial charge in [0.1, 0.15) is 0 Å². The Kier molecular flexibility index (Phi) is 6.03. The lowest BCUT2D eigenvalue weighted by molar-refractivity contribution is 0.881. The van der Waals surface area contributed by atoms with Crippen molar-refractivity contribution in [2.24, 2.45) is 0 Å². The van der Waals surface area contributed by atoms with Gasteiger partial charge in [-0.3, -0.25) is 4.98 Å². The quantitative estimate of drug-likeness (QED) is 0.327. The number of aromatic amines is 1. The molecule has 6 heteroatoms. The van der Waals surface area contributed by atoms with Crippen LogP contribution in [0.4, 0.5) is 0 Å². The van der Waals surface area contributed by atoms with Crippen LogP contribution in [0.25, 0.3) is 23.1 Å². The van der Waals surface area contributed by atoms with E-state index in [0.717, 1.165) is 28.9 Å². The normalized spacial score (nSPS) is 11.4. The van der Waals surface area contributed by atoms with E-state index in [0.29, 0.717) is 5.82 Å². The lowest BCUT2D eigenvalue weighted by Crippen LogP contribution is -1.90. The smallest absolute Gasteiger partial charge is 0.172 e. The van der Waals surface area contributed by atoms with Crippen LogP contribution in [-0.2, 0) is 12.2 Å². The lowest BCUT2D eigenvalue weighted by atomic mass is 10.0. The first-order chi connectivity index (χ1) is 15.8. The van der Waals surface area contributed by atoms with Crippen LogP contribution >= 0.6 is 11.8 Å². The number of pyridine rings is 1. The predicted molar refractivity (Wildman–Crippen MR) is 130 cm³/mol. The highest BCUT2D eigenvalue weighted by Crippen LogP contribution is 2.25. The van der Waals surface area contributed by atoms with E-state index >= 15 is 0 Å². The van der Waals surface area contributed by atoms with Crippen molar-refractivity contribution < 1.29 is 0 Å². The summed E-state index contributed by atoms with van der Waals surface area (Å²) in [5.74, 6) is 1.49. The number of thioether (sulfide) groups is 1. The molecule has 0 unspecified atom stereocenters. The number of nitrogens with zero attached hydrogens (tertiary/aromatic N) is 4. The Hall–Kier alpha value is -3.77. The molecular formula is C26H21N5S. The van der Waals surface area contributed by atoms with Gasteiger partial charge in [-0.15, -0.1) is 16.9 Å². The first-order valence-corrected chi connectivity index (χ1v) is 11.4. The number of aromatic nitrogens is 5. The van der Waals surface area contributed by atoms with E-state index in [4.69, 9.17) is 4.98 Å². The van der Waals surface area contributed by atoms with Gasteiger partial charge in [0.05, 0.1) is 11.2 Å². The molecule has 5 rings (SSSR count). The third-order valence-electron chi connectivity index (χ3n) is 5.10. The number of H-pyrrole nitrogens is 1. The molecule has 0 aliphatic rings. The third-order valence-corrected chi connectivity index (χ3v) is 6.12. The van der Waals surface area contributed by atoms with Gasteiger partial charge in [-0.05, 0) is 63.9 Å². The van der Waals surface area contributed by atoms with Crippen LogP contribution in [0.15, 0.2) is 89.8 Å². The fourth-order valence-corrected chi connectivity index (χ4v) is 4.43. The van der Waals surface area contributed by atoms with E-state index in [-0.39, 0.29) is 0 Å². The average molecular weight is 436 g/mol. The molecule has 0 aliphatic carbocycles. The van der Waals surface area contributed by atoms with E-state index in [1.165, 1.54) is 21.4 Å². The SMILES string of the molecule is C(=Cc1nnn[nH]1)c1cccc(Cc2cccc(SCc3ccc4ccccc4n3)c2)c1. The Bertz CT molecular complexity index is 1360. The summed E-state index contributed by atoms with van der Waals surface area (Å²) < 4.78 is 0. The molecule has 0 atom stereocenters. The molecular weight excluding hydrogens is 414 g/mol. The van der Waals surface area contributed by atoms with Crippen LogP contribution in [0, 0.1) is 0 Å². The third kappa shape index (κ3) is 5.10. The minimum Gasteiger partial charge on any atom is -0.252 e. The number of para-hydroxylation sites is 1. The van der Waals surface area contributed by atoms with E-state index < -0.39 is 0 Å². The maximum absolute atomic E-state index is 4.78. The number of tetrazole rings is 1. The summed E-state index contributed by atoms with van der Waals surface area (Å²) in [6.45, 7) is 0. The molecule has 0 amide bonds. The second-order valence-corrected chi connectivity index (χ2v) is 8.52. The summed E-state index contributed by atoms with van der Waals surface area (Å²) in [7, 11) is 0. The molecule has 156 valence electrons. The van der Waals surface area contributed by atoms with Gasteiger partial charge in [0.25, 0.3) is 0 Å². The number of benzene rings is 3. The zero-order valence-corrected chi connectivity index (χ0v) is 18.2. The average Bonchev–Trinajstić information content (AvgIpc) is 3.36. The maximum Gasteiger partial charge on any atom is 0.172 e. The standard InChI is InChI=1S/C26H21N5S/c1-2-10-25-22(8-1)12-13-23(27-25)18-32-24-9-4-7-21(17-24)16-20-6-3-5-19(15-20)11-14-26-28-30-31-29-26/h1-15,17H,16,18H2,(H,28,29,30,31). The minimum atomic E-state index is 0.640. The molecule has 32 heavy (non-hydrogen) atoms. The van der Waals surface area contributed by atoms with Gasteiger partial charge in [0, 0.05) is 16.0 Å². The molecule has 0 bridgehead atoms. The maximum atomic E-state index is 4.78. The van der Waals surface area contributed by atoms with Crippen molar-refractivity contribution in [3.63, 3.8) is 0 Å². The van der Waals surface area contributed by atoms with Crippen LogP contribution in [0.1, 0.15) is 28.2 Å². The zero-order valence-electron chi connectivity index (χ0n) is 17.3. The largest absolute Gasteiger partial charge is 0.252 e. The number of hydrogen-bond donors (Lipinski definition) is 1. The van der Waals surface area contributed by atoms with E-state index in [2.05, 4.69) is 93.4 Å². The van der Waals surface area contributed by atoms with Crippen LogP contribution in [0.5, 0.6) is 0 Å². The first kappa shape index (κ1) is 20.2. The Morgan fingerprint density at radius 1 is 0.812 bits per heavy atom. The predicted octanol–water partition coefficient (Wildman–Crippen LogP) is 5.80. The molecule has 5 aromatic rings. The summed E-state index contributed by atoms with van der Waals surface area (Å²) in [6.07, 6.45) is 4.76. The molecule has 0 radical (unpaired) electrons. The summed E-state index contributed by atoms with van der Waals surface area (Å²) >= 11 is 1.82. The summed E-state index contributed by atoms with van der Waals surface area (Å²) in [5, 5.41) is 15.0. The van der Waals surface area contributed by atoms with Crippen molar-refractivity contribution in [1.29, 1.82) is 0 Å². The summed E-state index contributed by atoms with van der Waals surface area (Å²) in [4.78, 5) is 6.04. The highest BCUT2D eigenvalue weighted by Gasteiger charge is 2.03. The Balaban J connectivity index is 1.25. The van der Waals surface area contributed by atoms with Gasteiger partial charge in [0.2, 0.25) is 0 Å².